The van der Waals surface area contributed by atoms with Gasteiger partial charge in [-0.3, -0.25) is 0 Å². The molecular formula is C10H14N2O4. The first-order valence-corrected chi connectivity index (χ1v) is 4.74. The Bertz CT molecular complexity index is 357. The fourth-order valence-electron chi connectivity index (χ4n) is 1.11. The molecule has 0 aliphatic rings. The Kier molecular flexibility index (Phi) is 4.04. The Morgan fingerprint density at radius 1 is 1.19 bits per heavy atom. The molecule has 0 atom stereocenters. The zero-order valence-corrected chi connectivity index (χ0v) is 9.68. The molecule has 0 aliphatic carbocycles. The van der Waals surface area contributed by atoms with Crippen LogP contribution in [-0.4, -0.2) is 36.3 Å². The average molecular weight is 226 g/mol. The van der Waals surface area contributed by atoms with Crippen molar-refractivity contribution in [2.75, 3.05) is 14.2 Å². The molecule has 0 N–H and O–H groups in total. The number of aromatic nitrogens is 2. The van der Waals surface area contributed by atoms with Crippen molar-refractivity contribution in [2.45, 2.75) is 20.0 Å². The molecule has 0 spiro atoms. The first-order valence-electron chi connectivity index (χ1n) is 4.74. The Labute approximate surface area is 93.6 Å². The molecule has 88 valence electrons. The molecule has 0 aromatic carbocycles. The summed E-state index contributed by atoms with van der Waals surface area (Å²) in [5.74, 6) is -0.292. The van der Waals surface area contributed by atoms with Crippen LogP contribution in [0.4, 0.5) is 0 Å². The number of hydrogen-bond acceptors (Lipinski definition) is 6. The second kappa shape index (κ2) is 5.29. The summed E-state index contributed by atoms with van der Waals surface area (Å²) in [7, 11) is 2.82. The van der Waals surface area contributed by atoms with Gasteiger partial charge in [0.05, 0.1) is 20.3 Å². The summed E-state index contributed by atoms with van der Waals surface area (Å²) < 4.78 is 15.0. The van der Waals surface area contributed by atoms with Crippen LogP contribution in [0.3, 0.4) is 0 Å². The Hall–Kier alpha value is -1.85. The van der Waals surface area contributed by atoms with Gasteiger partial charge in [0, 0.05) is 0 Å². The number of rotatable bonds is 4. The number of methoxy groups -OCH3 is 2. The molecule has 0 amide bonds. The van der Waals surface area contributed by atoms with E-state index in [4.69, 9.17) is 14.2 Å². The number of carbonyl (C=O) groups is 1. The lowest BCUT2D eigenvalue weighted by molar-refractivity contribution is 0.0368. The lowest BCUT2D eigenvalue weighted by atomic mass is 10.3. The van der Waals surface area contributed by atoms with Crippen molar-refractivity contribution in [3.05, 3.63) is 11.9 Å². The van der Waals surface area contributed by atoms with Crippen molar-refractivity contribution in [3.63, 3.8) is 0 Å². The molecule has 0 saturated heterocycles. The lowest BCUT2D eigenvalue weighted by Crippen LogP contribution is -2.15. The van der Waals surface area contributed by atoms with Gasteiger partial charge < -0.3 is 14.2 Å². The van der Waals surface area contributed by atoms with Crippen LogP contribution in [0.15, 0.2) is 6.33 Å². The van der Waals surface area contributed by atoms with Gasteiger partial charge in [-0.05, 0) is 13.8 Å². The van der Waals surface area contributed by atoms with E-state index in [-0.39, 0.29) is 23.4 Å². The minimum absolute atomic E-state index is 0.0983. The van der Waals surface area contributed by atoms with E-state index >= 15 is 0 Å². The number of carbonyl (C=O) groups excluding carboxylic acids is 1. The summed E-state index contributed by atoms with van der Waals surface area (Å²) in [6.45, 7) is 3.50. The Balaban J connectivity index is 3.12. The van der Waals surface area contributed by atoms with Gasteiger partial charge in [-0.1, -0.05) is 0 Å². The predicted molar refractivity (Wildman–Crippen MR) is 55.7 cm³/mol. The third kappa shape index (κ3) is 2.59. The fraction of sp³-hybridized carbons (Fsp3) is 0.500. The van der Waals surface area contributed by atoms with Gasteiger partial charge in [0.1, 0.15) is 6.33 Å². The molecule has 1 heterocycles. The van der Waals surface area contributed by atoms with Crippen molar-refractivity contribution < 1.29 is 19.0 Å². The largest absolute Gasteiger partial charge is 0.480 e. The second-order valence-corrected chi connectivity index (χ2v) is 3.22. The van der Waals surface area contributed by atoms with Crippen LogP contribution in [-0.2, 0) is 4.74 Å². The standard InChI is InChI=1S/C10H14N2O4/c1-6(2)16-10(13)7-8(14-3)11-5-12-9(7)15-4/h5-6H,1-4H3. The topological polar surface area (TPSA) is 70.5 Å². The summed E-state index contributed by atoms with van der Waals surface area (Å²) in [6.07, 6.45) is 1.02. The fourth-order valence-corrected chi connectivity index (χ4v) is 1.11. The summed E-state index contributed by atoms with van der Waals surface area (Å²) in [6, 6.07) is 0. The number of esters is 1. The highest BCUT2D eigenvalue weighted by molar-refractivity contribution is 5.94. The van der Waals surface area contributed by atoms with Gasteiger partial charge in [-0.15, -0.1) is 0 Å². The molecule has 1 aromatic heterocycles. The maximum absolute atomic E-state index is 11.8. The van der Waals surface area contributed by atoms with Crippen LogP contribution in [0.2, 0.25) is 0 Å². The van der Waals surface area contributed by atoms with Crippen molar-refractivity contribution in [3.8, 4) is 11.8 Å². The molecule has 1 rings (SSSR count). The van der Waals surface area contributed by atoms with E-state index < -0.39 is 5.97 Å². The lowest BCUT2D eigenvalue weighted by Gasteiger charge is -2.11. The molecule has 0 aliphatic heterocycles. The van der Waals surface area contributed by atoms with E-state index in [0.29, 0.717) is 0 Å². The van der Waals surface area contributed by atoms with Crippen LogP contribution in [0.25, 0.3) is 0 Å². The number of ether oxygens (including phenoxy) is 3. The van der Waals surface area contributed by atoms with Crippen LogP contribution in [0, 0.1) is 0 Å². The minimum atomic E-state index is -0.565. The third-order valence-corrected chi connectivity index (χ3v) is 1.71. The monoisotopic (exact) mass is 226 g/mol. The average Bonchev–Trinajstić information content (AvgIpc) is 2.26. The number of nitrogens with zero attached hydrogens (tertiary/aromatic N) is 2. The van der Waals surface area contributed by atoms with E-state index in [1.165, 1.54) is 20.5 Å². The molecule has 1 aromatic rings. The maximum atomic E-state index is 11.8. The molecule has 0 radical (unpaired) electrons. The van der Waals surface area contributed by atoms with Gasteiger partial charge in [0.25, 0.3) is 0 Å². The van der Waals surface area contributed by atoms with Gasteiger partial charge in [0.15, 0.2) is 5.56 Å². The van der Waals surface area contributed by atoms with Crippen molar-refractivity contribution in [1.29, 1.82) is 0 Å². The van der Waals surface area contributed by atoms with Gasteiger partial charge in [0.2, 0.25) is 11.8 Å². The van der Waals surface area contributed by atoms with E-state index in [0.717, 1.165) is 0 Å². The van der Waals surface area contributed by atoms with E-state index in [1.807, 2.05) is 0 Å². The smallest absolute Gasteiger partial charge is 0.349 e. The minimum Gasteiger partial charge on any atom is -0.480 e. The zero-order chi connectivity index (χ0) is 12.1. The maximum Gasteiger partial charge on any atom is 0.349 e. The summed E-state index contributed by atoms with van der Waals surface area (Å²) >= 11 is 0. The van der Waals surface area contributed by atoms with Gasteiger partial charge in [-0.25, -0.2) is 14.8 Å². The summed E-state index contributed by atoms with van der Waals surface area (Å²) in [4.78, 5) is 19.4. The Morgan fingerprint density at radius 3 is 2.06 bits per heavy atom. The molecule has 0 bridgehead atoms. The van der Waals surface area contributed by atoms with Crippen molar-refractivity contribution in [1.82, 2.24) is 9.97 Å². The van der Waals surface area contributed by atoms with Crippen LogP contribution < -0.4 is 9.47 Å². The van der Waals surface area contributed by atoms with Crippen LogP contribution >= 0.6 is 0 Å². The predicted octanol–water partition coefficient (Wildman–Crippen LogP) is 1.06. The summed E-state index contributed by atoms with van der Waals surface area (Å²) in [5.41, 5.74) is 0.0983. The molecule has 0 unspecified atom stereocenters. The highest BCUT2D eigenvalue weighted by Crippen LogP contribution is 2.24. The summed E-state index contributed by atoms with van der Waals surface area (Å²) in [5, 5.41) is 0. The van der Waals surface area contributed by atoms with E-state index in [2.05, 4.69) is 9.97 Å². The first kappa shape index (κ1) is 12.2. The SMILES string of the molecule is COc1ncnc(OC)c1C(=O)OC(C)C. The quantitative estimate of drug-likeness (QED) is 0.715. The van der Waals surface area contributed by atoms with Crippen molar-refractivity contribution in [2.24, 2.45) is 0 Å². The molecule has 6 nitrogen and oxygen atoms in total. The van der Waals surface area contributed by atoms with Gasteiger partial charge in [-0.2, -0.15) is 0 Å². The first-order chi connectivity index (χ1) is 7.60. The molecule has 6 heteroatoms. The third-order valence-electron chi connectivity index (χ3n) is 1.71. The molecule has 0 fully saturated rings. The van der Waals surface area contributed by atoms with Crippen LogP contribution in [0.5, 0.6) is 11.8 Å². The van der Waals surface area contributed by atoms with E-state index in [1.54, 1.807) is 13.8 Å². The highest BCUT2D eigenvalue weighted by Gasteiger charge is 2.23. The molecule has 16 heavy (non-hydrogen) atoms. The highest BCUT2D eigenvalue weighted by atomic mass is 16.5. The van der Waals surface area contributed by atoms with Crippen LogP contribution in [0.1, 0.15) is 24.2 Å². The normalized spacial score (nSPS) is 10.1. The van der Waals surface area contributed by atoms with Gasteiger partial charge >= 0.3 is 5.97 Å². The number of hydrogen-bond donors (Lipinski definition) is 0. The van der Waals surface area contributed by atoms with E-state index in [9.17, 15) is 4.79 Å². The van der Waals surface area contributed by atoms with Crippen molar-refractivity contribution >= 4 is 5.97 Å². The Morgan fingerprint density at radius 2 is 1.69 bits per heavy atom. The molecular weight excluding hydrogens is 212 g/mol. The zero-order valence-electron chi connectivity index (χ0n) is 9.68. The molecule has 0 saturated carbocycles. The second-order valence-electron chi connectivity index (χ2n) is 3.22.